The average molecular weight is 336 g/mol. The van der Waals surface area contributed by atoms with Crippen LogP contribution in [-0.4, -0.2) is 27.9 Å². The summed E-state index contributed by atoms with van der Waals surface area (Å²) in [5.74, 6) is 0.359. The van der Waals surface area contributed by atoms with Crippen molar-refractivity contribution in [3.63, 3.8) is 0 Å². The highest BCUT2D eigenvalue weighted by Crippen LogP contribution is 2.32. The number of aliphatic hydroxyl groups excluding tert-OH is 1. The summed E-state index contributed by atoms with van der Waals surface area (Å²) in [5.41, 5.74) is -0.529. The first-order valence-electron chi connectivity index (χ1n) is 6.36. The normalized spacial score (nSPS) is 21.6. The van der Waals surface area contributed by atoms with Crippen LogP contribution >= 0.6 is 12.4 Å². The zero-order valence-electron chi connectivity index (χ0n) is 11.2. The van der Waals surface area contributed by atoms with Crippen LogP contribution in [0.2, 0.25) is 0 Å². The van der Waals surface area contributed by atoms with Gasteiger partial charge in [0.15, 0.2) is 0 Å². The van der Waals surface area contributed by atoms with Crippen molar-refractivity contribution < 1.29 is 22.8 Å². The van der Waals surface area contributed by atoms with E-state index in [2.05, 4.69) is 15.5 Å². The van der Waals surface area contributed by atoms with Gasteiger partial charge < -0.3 is 14.9 Å². The van der Waals surface area contributed by atoms with Crippen LogP contribution in [0.25, 0.3) is 11.4 Å². The highest BCUT2D eigenvalue weighted by atomic mass is 35.5. The van der Waals surface area contributed by atoms with Crippen LogP contribution in [0.1, 0.15) is 23.9 Å². The van der Waals surface area contributed by atoms with Crippen LogP contribution in [0.5, 0.6) is 0 Å². The van der Waals surface area contributed by atoms with Crippen molar-refractivity contribution in [3.05, 3.63) is 35.7 Å². The average Bonchev–Trinajstić information content (AvgIpc) is 3.06. The Morgan fingerprint density at radius 1 is 1.32 bits per heavy atom. The fourth-order valence-corrected chi connectivity index (χ4v) is 2.23. The maximum Gasteiger partial charge on any atom is 0.416 e. The maximum absolute atomic E-state index is 12.7. The Kier molecular flexibility index (Phi) is 4.74. The zero-order chi connectivity index (χ0) is 15.0. The number of aromatic nitrogens is 2. The molecule has 120 valence electrons. The summed E-state index contributed by atoms with van der Waals surface area (Å²) in [6.07, 6.45) is -4.47. The first-order valence-corrected chi connectivity index (χ1v) is 6.36. The maximum atomic E-state index is 12.7. The second-order valence-corrected chi connectivity index (χ2v) is 4.89. The molecule has 2 heterocycles. The number of nitrogens with zero attached hydrogens (tertiary/aromatic N) is 2. The number of alkyl halides is 3. The van der Waals surface area contributed by atoms with E-state index < -0.39 is 17.8 Å². The van der Waals surface area contributed by atoms with Gasteiger partial charge in [-0.3, -0.25) is 0 Å². The van der Waals surface area contributed by atoms with Gasteiger partial charge in [0.05, 0.1) is 17.7 Å². The van der Waals surface area contributed by atoms with Crippen LogP contribution < -0.4 is 5.32 Å². The third kappa shape index (κ3) is 3.40. The highest BCUT2D eigenvalue weighted by molar-refractivity contribution is 5.85. The van der Waals surface area contributed by atoms with E-state index in [1.54, 1.807) is 0 Å². The van der Waals surface area contributed by atoms with E-state index in [0.717, 1.165) is 12.1 Å². The molecule has 9 heteroatoms. The molecule has 0 bridgehead atoms. The first-order chi connectivity index (χ1) is 9.93. The number of hydrogen-bond acceptors (Lipinski definition) is 5. The van der Waals surface area contributed by atoms with Crippen LogP contribution in [-0.2, 0) is 6.18 Å². The second kappa shape index (κ2) is 6.23. The lowest BCUT2D eigenvalue weighted by atomic mass is 10.1. The van der Waals surface area contributed by atoms with Gasteiger partial charge in [0.2, 0.25) is 11.7 Å². The summed E-state index contributed by atoms with van der Waals surface area (Å²) in [7, 11) is 0. The Hall–Kier alpha value is -1.64. The standard InChI is InChI=1S/C13H12F3N3O2.ClH/c14-13(15,16)8-3-1-2-7(4-8)11-18-12(21-19-11)10-5-9(20)6-17-10;/h1-4,9-10,17,20H,5-6H2;1H/t9-,10-;/m1./s1. The van der Waals surface area contributed by atoms with E-state index in [0.29, 0.717) is 13.0 Å². The quantitative estimate of drug-likeness (QED) is 0.882. The summed E-state index contributed by atoms with van der Waals surface area (Å²) < 4.78 is 43.1. The fraction of sp³-hybridized carbons (Fsp3) is 0.385. The van der Waals surface area contributed by atoms with Gasteiger partial charge in [-0.05, 0) is 18.6 Å². The van der Waals surface area contributed by atoms with Crippen LogP contribution in [0.4, 0.5) is 13.2 Å². The van der Waals surface area contributed by atoms with Gasteiger partial charge in [-0.15, -0.1) is 12.4 Å². The molecule has 3 rings (SSSR count). The molecule has 1 aliphatic rings. The molecule has 2 atom stereocenters. The van der Waals surface area contributed by atoms with Crippen molar-refractivity contribution in [1.82, 2.24) is 15.5 Å². The molecular weight excluding hydrogens is 323 g/mol. The molecule has 5 nitrogen and oxygen atoms in total. The molecule has 0 saturated carbocycles. The van der Waals surface area contributed by atoms with Crippen LogP contribution in [0.15, 0.2) is 28.8 Å². The van der Waals surface area contributed by atoms with E-state index in [1.807, 2.05) is 0 Å². The molecule has 0 aliphatic carbocycles. The Labute approximate surface area is 129 Å². The summed E-state index contributed by atoms with van der Waals surface area (Å²) in [4.78, 5) is 4.10. The van der Waals surface area contributed by atoms with Gasteiger partial charge in [-0.2, -0.15) is 18.2 Å². The number of aliphatic hydroxyl groups is 1. The van der Waals surface area contributed by atoms with Crippen molar-refractivity contribution in [3.8, 4) is 11.4 Å². The lowest BCUT2D eigenvalue weighted by Gasteiger charge is -2.06. The van der Waals surface area contributed by atoms with Crippen molar-refractivity contribution in [2.45, 2.75) is 24.7 Å². The lowest BCUT2D eigenvalue weighted by Crippen LogP contribution is -2.15. The molecule has 1 aliphatic heterocycles. The molecule has 1 aromatic heterocycles. The SMILES string of the molecule is Cl.O[C@H]1CN[C@@H](c2nc(-c3cccc(C(F)(F)F)c3)no2)C1. The number of β-amino-alcohol motifs (C(OH)–C–C–N with tert-alkyl or cyclic N) is 1. The Morgan fingerprint density at radius 3 is 2.73 bits per heavy atom. The third-order valence-corrected chi connectivity index (χ3v) is 3.30. The van der Waals surface area contributed by atoms with Crippen molar-refractivity contribution in [2.24, 2.45) is 0 Å². The van der Waals surface area contributed by atoms with Gasteiger partial charge in [-0.25, -0.2) is 0 Å². The van der Waals surface area contributed by atoms with E-state index in [9.17, 15) is 18.3 Å². The molecule has 0 unspecified atom stereocenters. The predicted octanol–water partition coefficient (Wildman–Crippen LogP) is 2.57. The minimum absolute atomic E-state index is 0. The lowest BCUT2D eigenvalue weighted by molar-refractivity contribution is -0.137. The predicted molar refractivity (Wildman–Crippen MR) is 73.4 cm³/mol. The molecule has 0 amide bonds. The summed E-state index contributed by atoms with van der Waals surface area (Å²) in [6.45, 7) is 0.423. The van der Waals surface area contributed by atoms with Gasteiger partial charge in [0.1, 0.15) is 0 Å². The number of benzene rings is 1. The van der Waals surface area contributed by atoms with E-state index in [1.165, 1.54) is 12.1 Å². The largest absolute Gasteiger partial charge is 0.416 e. The van der Waals surface area contributed by atoms with Crippen LogP contribution in [0.3, 0.4) is 0 Å². The molecule has 1 aromatic carbocycles. The number of nitrogens with one attached hydrogen (secondary N) is 1. The van der Waals surface area contributed by atoms with E-state index in [4.69, 9.17) is 4.52 Å². The molecule has 2 aromatic rings. The molecule has 1 saturated heterocycles. The molecular formula is C13H13ClF3N3O2. The van der Waals surface area contributed by atoms with Gasteiger partial charge in [0.25, 0.3) is 0 Å². The topological polar surface area (TPSA) is 71.2 Å². The molecule has 1 fully saturated rings. The van der Waals surface area contributed by atoms with Gasteiger partial charge in [0, 0.05) is 12.1 Å². The first kappa shape index (κ1) is 16.7. The van der Waals surface area contributed by atoms with Gasteiger partial charge in [-0.1, -0.05) is 17.3 Å². The monoisotopic (exact) mass is 335 g/mol. The minimum Gasteiger partial charge on any atom is -0.392 e. The minimum atomic E-state index is -4.42. The molecule has 0 radical (unpaired) electrons. The molecule has 22 heavy (non-hydrogen) atoms. The highest BCUT2D eigenvalue weighted by Gasteiger charge is 2.31. The summed E-state index contributed by atoms with van der Waals surface area (Å²) in [6, 6.07) is 4.48. The Balaban J connectivity index is 0.00000176. The summed E-state index contributed by atoms with van der Waals surface area (Å²) >= 11 is 0. The second-order valence-electron chi connectivity index (χ2n) is 4.89. The fourth-order valence-electron chi connectivity index (χ4n) is 2.23. The van der Waals surface area contributed by atoms with Crippen molar-refractivity contribution in [2.75, 3.05) is 6.54 Å². The van der Waals surface area contributed by atoms with Crippen molar-refractivity contribution >= 4 is 12.4 Å². The van der Waals surface area contributed by atoms with Gasteiger partial charge >= 0.3 is 6.18 Å². The van der Waals surface area contributed by atoms with Crippen LogP contribution in [0, 0.1) is 0 Å². The Morgan fingerprint density at radius 2 is 2.09 bits per heavy atom. The Bertz CT molecular complexity index is 647. The van der Waals surface area contributed by atoms with E-state index >= 15 is 0 Å². The molecule has 2 N–H and O–H groups in total. The number of hydrogen-bond donors (Lipinski definition) is 2. The number of halogens is 4. The summed E-state index contributed by atoms with van der Waals surface area (Å²) in [5, 5.41) is 16.1. The smallest absolute Gasteiger partial charge is 0.392 e. The van der Waals surface area contributed by atoms with Crippen molar-refractivity contribution in [1.29, 1.82) is 0 Å². The third-order valence-electron chi connectivity index (χ3n) is 3.30. The number of rotatable bonds is 2. The zero-order valence-corrected chi connectivity index (χ0v) is 12.0. The molecule has 0 spiro atoms. The van der Waals surface area contributed by atoms with E-state index in [-0.39, 0.29) is 35.7 Å².